The Morgan fingerprint density at radius 2 is 1.55 bits per heavy atom. The maximum absolute atomic E-state index is 14.6. The minimum Gasteiger partial charge on any atom is -0.372 e. The fraction of sp³-hybridized carbons (Fsp3) is 0.148. The lowest BCUT2D eigenvalue weighted by Crippen LogP contribution is -2.21. The first-order valence-electron chi connectivity index (χ1n) is 10.6. The fourth-order valence-electron chi connectivity index (χ4n) is 3.85. The zero-order chi connectivity index (χ0) is 21.6. The van der Waals surface area contributed by atoms with Crippen molar-refractivity contribution >= 4 is 28.4 Å². The van der Waals surface area contributed by atoms with Gasteiger partial charge >= 0.3 is 0 Å². The molecule has 0 saturated heterocycles. The first kappa shape index (κ1) is 20.6. The number of nitrogens with one attached hydrogen (secondary N) is 1. The number of para-hydroxylation sites is 1. The number of rotatable bonds is 7. The largest absolute Gasteiger partial charge is 0.372 e. The van der Waals surface area contributed by atoms with Gasteiger partial charge in [0.05, 0.1) is 11.9 Å². The van der Waals surface area contributed by atoms with Crippen molar-refractivity contribution in [2.24, 2.45) is 5.10 Å². The van der Waals surface area contributed by atoms with Crippen LogP contribution in [0.5, 0.6) is 0 Å². The Labute approximate surface area is 182 Å². The standard InChI is InChI=1S/C27H26FN3/c1-3-31(4-2)22-17-16-21(26(28)18-22)19-29-30-27-15-8-7-13-25(27)24-14-9-11-20-10-5-6-12-23(20)24/h5-19,30H,3-4H2,1-2H3/b29-19+. The molecule has 0 atom stereocenters. The average Bonchev–Trinajstić information content (AvgIpc) is 2.81. The normalized spacial score (nSPS) is 11.2. The molecule has 0 aliphatic rings. The molecule has 0 saturated carbocycles. The predicted molar refractivity (Wildman–Crippen MR) is 131 cm³/mol. The van der Waals surface area contributed by atoms with E-state index < -0.39 is 0 Å². The van der Waals surface area contributed by atoms with Gasteiger partial charge in [-0.2, -0.15) is 5.10 Å². The van der Waals surface area contributed by atoms with E-state index in [0.29, 0.717) is 5.56 Å². The summed E-state index contributed by atoms with van der Waals surface area (Å²) in [5, 5.41) is 6.70. The van der Waals surface area contributed by atoms with Crippen LogP contribution in [0, 0.1) is 5.82 Å². The molecule has 0 amide bonds. The smallest absolute Gasteiger partial charge is 0.134 e. The van der Waals surface area contributed by atoms with Crippen LogP contribution in [0.4, 0.5) is 15.8 Å². The molecule has 4 rings (SSSR count). The lowest BCUT2D eigenvalue weighted by Gasteiger charge is -2.21. The summed E-state index contributed by atoms with van der Waals surface area (Å²) < 4.78 is 14.6. The molecular weight excluding hydrogens is 385 g/mol. The summed E-state index contributed by atoms with van der Waals surface area (Å²) in [7, 11) is 0. The Kier molecular flexibility index (Phi) is 6.27. The zero-order valence-corrected chi connectivity index (χ0v) is 17.8. The van der Waals surface area contributed by atoms with Gasteiger partial charge in [0.15, 0.2) is 0 Å². The summed E-state index contributed by atoms with van der Waals surface area (Å²) in [5.41, 5.74) is 7.49. The van der Waals surface area contributed by atoms with Crippen LogP contribution in [0.15, 0.2) is 90.0 Å². The molecule has 1 N–H and O–H groups in total. The summed E-state index contributed by atoms with van der Waals surface area (Å²) in [6.07, 6.45) is 1.53. The van der Waals surface area contributed by atoms with Gasteiger partial charge in [0, 0.05) is 29.9 Å². The highest BCUT2D eigenvalue weighted by molar-refractivity contribution is 5.99. The van der Waals surface area contributed by atoms with Crippen molar-refractivity contribution in [1.29, 1.82) is 0 Å². The molecule has 156 valence electrons. The molecule has 0 bridgehead atoms. The Morgan fingerprint density at radius 3 is 2.35 bits per heavy atom. The van der Waals surface area contributed by atoms with E-state index in [-0.39, 0.29) is 5.82 Å². The number of benzene rings is 4. The molecule has 0 aliphatic carbocycles. The van der Waals surface area contributed by atoms with E-state index in [4.69, 9.17) is 0 Å². The summed E-state index contributed by atoms with van der Waals surface area (Å²) in [6.45, 7) is 5.81. The molecule has 4 aromatic rings. The highest BCUT2D eigenvalue weighted by atomic mass is 19.1. The van der Waals surface area contributed by atoms with Gasteiger partial charge in [0.2, 0.25) is 0 Å². The minimum absolute atomic E-state index is 0.280. The molecule has 0 radical (unpaired) electrons. The number of hydrogen-bond acceptors (Lipinski definition) is 3. The second-order valence-corrected chi connectivity index (χ2v) is 7.32. The first-order chi connectivity index (χ1) is 15.2. The third-order valence-corrected chi connectivity index (χ3v) is 5.51. The molecule has 0 fully saturated rings. The van der Waals surface area contributed by atoms with Gasteiger partial charge in [-0.15, -0.1) is 0 Å². The summed E-state index contributed by atoms with van der Waals surface area (Å²) in [4.78, 5) is 2.11. The summed E-state index contributed by atoms with van der Waals surface area (Å²) in [6, 6.07) is 27.9. The number of hydrogen-bond donors (Lipinski definition) is 1. The van der Waals surface area contributed by atoms with Crippen molar-refractivity contribution in [3.63, 3.8) is 0 Å². The van der Waals surface area contributed by atoms with E-state index in [1.807, 2.05) is 36.4 Å². The van der Waals surface area contributed by atoms with Crippen LogP contribution in [0.25, 0.3) is 21.9 Å². The number of anilines is 2. The third kappa shape index (κ3) is 4.43. The van der Waals surface area contributed by atoms with E-state index >= 15 is 0 Å². The molecule has 0 unspecified atom stereocenters. The quantitative estimate of drug-likeness (QED) is 0.263. The van der Waals surface area contributed by atoms with Crippen molar-refractivity contribution in [1.82, 2.24) is 0 Å². The zero-order valence-electron chi connectivity index (χ0n) is 17.8. The molecule has 0 heterocycles. The van der Waals surface area contributed by atoms with Crippen LogP contribution >= 0.6 is 0 Å². The van der Waals surface area contributed by atoms with Gasteiger partial charge in [-0.1, -0.05) is 60.7 Å². The second kappa shape index (κ2) is 9.43. The van der Waals surface area contributed by atoms with Gasteiger partial charge < -0.3 is 4.90 Å². The molecule has 0 spiro atoms. The molecule has 3 nitrogen and oxygen atoms in total. The average molecular weight is 412 g/mol. The number of fused-ring (bicyclic) bond motifs is 1. The maximum Gasteiger partial charge on any atom is 0.134 e. The molecule has 4 heteroatoms. The Hall–Kier alpha value is -3.66. The van der Waals surface area contributed by atoms with E-state index in [9.17, 15) is 4.39 Å². The van der Waals surface area contributed by atoms with Crippen LogP contribution in [-0.4, -0.2) is 19.3 Å². The first-order valence-corrected chi connectivity index (χ1v) is 10.6. The predicted octanol–water partition coefficient (Wildman–Crippen LogP) is 6.94. The van der Waals surface area contributed by atoms with Crippen molar-refractivity contribution in [2.75, 3.05) is 23.4 Å². The molecular formula is C27H26FN3. The van der Waals surface area contributed by atoms with Crippen molar-refractivity contribution in [3.8, 4) is 11.1 Å². The van der Waals surface area contributed by atoms with E-state index in [2.05, 4.69) is 65.7 Å². The topological polar surface area (TPSA) is 27.6 Å². The van der Waals surface area contributed by atoms with Crippen LogP contribution in [0.3, 0.4) is 0 Å². The van der Waals surface area contributed by atoms with Crippen molar-refractivity contribution in [3.05, 3.63) is 96.3 Å². The fourth-order valence-corrected chi connectivity index (χ4v) is 3.85. The molecule has 0 aliphatic heterocycles. The second-order valence-electron chi connectivity index (χ2n) is 7.32. The monoisotopic (exact) mass is 411 g/mol. The number of nitrogens with zero attached hydrogens (tertiary/aromatic N) is 2. The van der Waals surface area contributed by atoms with Crippen molar-refractivity contribution < 1.29 is 4.39 Å². The van der Waals surface area contributed by atoms with Crippen LogP contribution in [-0.2, 0) is 0 Å². The lowest BCUT2D eigenvalue weighted by atomic mass is 9.97. The van der Waals surface area contributed by atoms with Crippen molar-refractivity contribution in [2.45, 2.75) is 13.8 Å². The number of halogens is 1. The van der Waals surface area contributed by atoms with Gasteiger partial charge in [0.1, 0.15) is 5.82 Å². The third-order valence-electron chi connectivity index (χ3n) is 5.51. The molecule has 0 aromatic heterocycles. The van der Waals surface area contributed by atoms with Crippen LogP contribution < -0.4 is 10.3 Å². The van der Waals surface area contributed by atoms with E-state index in [1.165, 1.54) is 17.0 Å². The van der Waals surface area contributed by atoms with E-state index in [0.717, 1.165) is 35.6 Å². The Balaban J connectivity index is 1.60. The molecule has 4 aromatic carbocycles. The van der Waals surface area contributed by atoms with Crippen LogP contribution in [0.1, 0.15) is 19.4 Å². The highest BCUT2D eigenvalue weighted by Gasteiger charge is 2.09. The van der Waals surface area contributed by atoms with Gasteiger partial charge in [0.25, 0.3) is 0 Å². The number of hydrazone groups is 1. The highest BCUT2D eigenvalue weighted by Crippen LogP contribution is 2.33. The summed E-state index contributed by atoms with van der Waals surface area (Å²) in [5.74, 6) is -0.280. The summed E-state index contributed by atoms with van der Waals surface area (Å²) >= 11 is 0. The lowest BCUT2D eigenvalue weighted by molar-refractivity contribution is 0.625. The van der Waals surface area contributed by atoms with Gasteiger partial charge in [-0.3, -0.25) is 5.43 Å². The maximum atomic E-state index is 14.6. The minimum atomic E-state index is -0.280. The van der Waals surface area contributed by atoms with E-state index in [1.54, 1.807) is 12.1 Å². The molecule has 31 heavy (non-hydrogen) atoms. The van der Waals surface area contributed by atoms with Crippen LogP contribution in [0.2, 0.25) is 0 Å². The SMILES string of the molecule is CCN(CC)c1ccc(/C=N/Nc2ccccc2-c2cccc3ccccc23)c(F)c1. The Bertz CT molecular complexity index is 1210. The Morgan fingerprint density at radius 1 is 0.839 bits per heavy atom. The van der Waals surface area contributed by atoms with Gasteiger partial charge in [-0.25, -0.2) is 4.39 Å². The van der Waals surface area contributed by atoms with Gasteiger partial charge in [-0.05, 0) is 54.4 Å².